The molecule has 0 fully saturated rings. The summed E-state index contributed by atoms with van der Waals surface area (Å²) in [5.74, 6) is 0. The molecule has 9 heteroatoms. The second-order valence-electron chi connectivity index (χ2n) is 5.72. The minimum Gasteiger partial charge on any atom is -0.483 e. The minimum atomic E-state index is -0.495. The summed E-state index contributed by atoms with van der Waals surface area (Å²) in [7, 11) is 0. The average Bonchev–Trinajstić information content (AvgIpc) is 3.22. The van der Waals surface area contributed by atoms with Gasteiger partial charge in [-0.05, 0) is 29.8 Å². The number of fused-ring (bicyclic) bond motifs is 1. The lowest BCUT2D eigenvalue weighted by molar-refractivity contribution is -0.122. The van der Waals surface area contributed by atoms with E-state index in [-0.39, 0.29) is 13.1 Å². The summed E-state index contributed by atoms with van der Waals surface area (Å²) in [5, 5.41) is 21.8. The second kappa shape index (κ2) is 9.60. The average molecular weight is 391 g/mol. The van der Waals surface area contributed by atoms with Crippen LogP contribution >= 0.6 is 0 Å². The first-order valence-corrected chi connectivity index (χ1v) is 8.52. The third kappa shape index (κ3) is 5.36. The highest BCUT2D eigenvalue weighted by Gasteiger charge is 2.06. The van der Waals surface area contributed by atoms with Crippen molar-refractivity contribution in [3.05, 3.63) is 78.6 Å². The van der Waals surface area contributed by atoms with E-state index in [9.17, 15) is 4.79 Å². The van der Waals surface area contributed by atoms with Gasteiger partial charge < -0.3 is 9.84 Å². The fraction of sp³-hybridized carbons (Fsp3) is 0.0500. The summed E-state index contributed by atoms with van der Waals surface area (Å²) in [6.07, 6.45) is 1.06. The zero-order valence-electron chi connectivity index (χ0n) is 15.2. The lowest BCUT2D eigenvalue weighted by Gasteiger charge is -2.08. The van der Waals surface area contributed by atoms with Crippen LogP contribution in [0.15, 0.2) is 73.1 Å². The van der Waals surface area contributed by atoms with Crippen LogP contribution in [0.1, 0.15) is 5.56 Å². The maximum atomic E-state index is 11.9. The first kappa shape index (κ1) is 19.5. The monoisotopic (exact) mass is 391 g/mol. The van der Waals surface area contributed by atoms with Gasteiger partial charge in [0, 0.05) is 11.3 Å². The van der Waals surface area contributed by atoms with Gasteiger partial charge in [0.1, 0.15) is 12.9 Å². The van der Waals surface area contributed by atoms with Crippen molar-refractivity contribution >= 4 is 23.9 Å². The molecule has 2 aromatic heterocycles. The molecule has 0 aliphatic rings. The van der Waals surface area contributed by atoms with Gasteiger partial charge in [-0.1, -0.05) is 42.5 Å². The normalized spacial score (nSPS) is 9.93. The zero-order chi connectivity index (χ0) is 20.5. The predicted molar refractivity (Wildman–Crippen MR) is 105 cm³/mol. The van der Waals surface area contributed by atoms with Crippen molar-refractivity contribution in [2.45, 2.75) is 6.61 Å². The molecule has 2 heterocycles. The maximum absolute atomic E-state index is 11.9. The number of carbonyl (C=O) groups excluding carboxylic acids is 1. The van der Waals surface area contributed by atoms with Crippen molar-refractivity contribution in [1.82, 2.24) is 19.8 Å². The predicted octanol–water partition coefficient (Wildman–Crippen LogP) is 3.24. The van der Waals surface area contributed by atoms with Crippen LogP contribution in [0.5, 0.6) is 0 Å². The summed E-state index contributed by atoms with van der Waals surface area (Å²) < 4.78 is 6.82. The van der Waals surface area contributed by atoms with Crippen molar-refractivity contribution in [1.29, 1.82) is 0 Å². The lowest BCUT2D eigenvalue weighted by Crippen LogP contribution is -2.13. The van der Waals surface area contributed by atoms with E-state index < -0.39 is 6.09 Å². The molecule has 0 atom stereocenters. The number of anilines is 1. The Hall–Kier alpha value is -4.27. The van der Waals surface area contributed by atoms with Crippen molar-refractivity contribution in [3.63, 3.8) is 0 Å². The molecule has 0 saturated carbocycles. The van der Waals surface area contributed by atoms with Crippen LogP contribution in [0.2, 0.25) is 0 Å². The first-order valence-electron chi connectivity index (χ1n) is 8.52. The topological polar surface area (TPSA) is 119 Å². The van der Waals surface area contributed by atoms with Crippen LogP contribution in [0.3, 0.4) is 0 Å². The van der Waals surface area contributed by atoms with Crippen LogP contribution in [0, 0.1) is 0 Å². The molecule has 0 bridgehead atoms. The van der Waals surface area contributed by atoms with Crippen molar-refractivity contribution in [2.75, 3.05) is 5.32 Å². The van der Waals surface area contributed by atoms with E-state index in [0.29, 0.717) is 11.3 Å². The Kier molecular flexibility index (Phi) is 6.45. The summed E-state index contributed by atoms with van der Waals surface area (Å²) >= 11 is 0. The van der Waals surface area contributed by atoms with Gasteiger partial charge in [0.15, 0.2) is 5.65 Å². The molecule has 0 saturated heterocycles. The summed E-state index contributed by atoms with van der Waals surface area (Å²) in [6, 6.07) is 20.6. The smallest absolute Gasteiger partial charge is 0.411 e. The molecule has 2 aromatic carbocycles. The number of carboxylic acid groups (broad SMARTS) is 1. The van der Waals surface area contributed by atoms with E-state index in [1.54, 1.807) is 23.0 Å². The molecule has 0 spiro atoms. The number of aromatic nitrogens is 4. The van der Waals surface area contributed by atoms with Gasteiger partial charge in [0.05, 0.1) is 5.69 Å². The van der Waals surface area contributed by atoms with Gasteiger partial charge in [-0.15, -0.1) is 10.2 Å². The highest BCUT2D eigenvalue weighted by atomic mass is 16.5. The number of nitrogens with one attached hydrogen (secondary N) is 1. The second-order valence-corrected chi connectivity index (χ2v) is 5.72. The van der Waals surface area contributed by atoms with E-state index >= 15 is 0 Å². The fourth-order valence-electron chi connectivity index (χ4n) is 2.48. The maximum Gasteiger partial charge on any atom is 0.411 e. The van der Waals surface area contributed by atoms with Crippen LogP contribution in [0.4, 0.5) is 10.5 Å². The van der Waals surface area contributed by atoms with E-state index in [2.05, 4.69) is 20.6 Å². The van der Waals surface area contributed by atoms with Gasteiger partial charge in [0.25, 0.3) is 6.47 Å². The quantitative estimate of drug-likeness (QED) is 0.513. The highest BCUT2D eigenvalue weighted by molar-refractivity contribution is 5.85. The molecule has 9 nitrogen and oxygen atoms in total. The van der Waals surface area contributed by atoms with Crippen LogP contribution < -0.4 is 5.32 Å². The van der Waals surface area contributed by atoms with E-state index in [4.69, 9.17) is 14.6 Å². The summed E-state index contributed by atoms with van der Waals surface area (Å²) in [6.45, 7) is -0.0202. The number of amides is 1. The van der Waals surface area contributed by atoms with Crippen LogP contribution in [-0.2, 0) is 16.1 Å². The number of rotatable bonds is 4. The summed E-state index contributed by atoms with van der Waals surface area (Å²) in [5.41, 5.74) is 3.98. The number of benzene rings is 2. The molecule has 0 unspecified atom stereocenters. The minimum absolute atomic E-state index is 0.230. The van der Waals surface area contributed by atoms with E-state index in [0.717, 1.165) is 16.8 Å². The summed E-state index contributed by atoms with van der Waals surface area (Å²) in [4.78, 5) is 20.3. The third-order valence-electron chi connectivity index (χ3n) is 3.80. The Morgan fingerprint density at radius 2 is 1.79 bits per heavy atom. The molecule has 4 aromatic rings. The molecule has 0 radical (unpaired) electrons. The van der Waals surface area contributed by atoms with Crippen LogP contribution in [-0.4, -0.2) is 37.5 Å². The highest BCUT2D eigenvalue weighted by Crippen LogP contribution is 2.19. The van der Waals surface area contributed by atoms with Crippen LogP contribution in [0.25, 0.3) is 16.9 Å². The van der Waals surface area contributed by atoms with Gasteiger partial charge in [-0.25, -0.2) is 4.79 Å². The lowest BCUT2D eigenvalue weighted by atomic mass is 10.1. The van der Waals surface area contributed by atoms with Gasteiger partial charge in [-0.2, -0.15) is 9.61 Å². The molecular formula is C20H17N5O4. The molecule has 2 N–H and O–H groups in total. The number of ether oxygens (including phenoxy) is 1. The Bertz CT molecular complexity index is 1080. The molecule has 1 amide bonds. The molecular weight excluding hydrogens is 374 g/mol. The number of hydrogen-bond acceptors (Lipinski definition) is 6. The van der Waals surface area contributed by atoms with Crippen molar-refractivity contribution in [3.8, 4) is 11.3 Å². The molecule has 4 rings (SSSR count). The SMILES string of the molecule is O=C(Nc1ccc(-c2ccc3nncn3n2)cc1)OCc1ccccc1.O=CO. The molecule has 146 valence electrons. The first-order chi connectivity index (χ1) is 14.2. The number of hydrogen-bond donors (Lipinski definition) is 2. The molecule has 0 aliphatic heterocycles. The van der Waals surface area contributed by atoms with Crippen molar-refractivity contribution in [2.24, 2.45) is 0 Å². The van der Waals surface area contributed by atoms with Crippen molar-refractivity contribution < 1.29 is 19.4 Å². The largest absolute Gasteiger partial charge is 0.483 e. The van der Waals surface area contributed by atoms with Gasteiger partial charge in [0.2, 0.25) is 0 Å². The Morgan fingerprint density at radius 1 is 1.07 bits per heavy atom. The standard InChI is InChI=1S/C19H15N5O2.CH2O2/c25-19(26-12-14-4-2-1-3-5-14)21-16-8-6-15(7-9-16)17-10-11-18-22-20-13-24(18)23-17;2-1-3/h1-11,13H,12H2,(H,21,25);1H,(H,2,3). The molecule has 0 aliphatic carbocycles. The Morgan fingerprint density at radius 3 is 2.52 bits per heavy atom. The Balaban J connectivity index is 0.000000755. The van der Waals surface area contributed by atoms with Gasteiger partial charge in [-0.3, -0.25) is 10.1 Å². The number of nitrogens with zero attached hydrogens (tertiary/aromatic N) is 4. The van der Waals surface area contributed by atoms with Gasteiger partial charge >= 0.3 is 6.09 Å². The fourth-order valence-corrected chi connectivity index (χ4v) is 2.48. The number of carbonyl (C=O) groups is 2. The van der Waals surface area contributed by atoms with E-state index in [1.807, 2.05) is 54.6 Å². The molecule has 29 heavy (non-hydrogen) atoms. The zero-order valence-corrected chi connectivity index (χ0v) is 15.2. The Labute approximate surface area is 165 Å². The van der Waals surface area contributed by atoms with E-state index in [1.165, 1.54) is 0 Å². The third-order valence-corrected chi connectivity index (χ3v) is 3.80.